The number of ketones is 1. The molecule has 2 aromatic rings. The van der Waals surface area contributed by atoms with Crippen molar-refractivity contribution in [3.63, 3.8) is 0 Å². The fourth-order valence-electron chi connectivity index (χ4n) is 1.83. The van der Waals surface area contributed by atoms with Crippen molar-refractivity contribution in [1.29, 1.82) is 0 Å². The monoisotopic (exact) mass is 274 g/mol. The highest BCUT2D eigenvalue weighted by Gasteiger charge is 2.23. The number of phenols is 3. The molecule has 0 fully saturated rings. The lowest BCUT2D eigenvalue weighted by Gasteiger charge is -2.09. The van der Waals surface area contributed by atoms with Gasteiger partial charge in [0.05, 0.1) is 5.56 Å². The van der Waals surface area contributed by atoms with E-state index in [9.17, 15) is 24.9 Å². The van der Waals surface area contributed by atoms with Crippen LogP contribution >= 0.6 is 0 Å². The van der Waals surface area contributed by atoms with Crippen LogP contribution in [0, 0.1) is 0 Å². The van der Waals surface area contributed by atoms with Gasteiger partial charge in [-0.05, 0) is 6.07 Å². The van der Waals surface area contributed by atoms with E-state index in [1.807, 2.05) is 0 Å². The highest BCUT2D eigenvalue weighted by molar-refractivity contribution is 6.16. The highest BCUT2D eigenvalue weighted by Crippen LogP contribution is 2.34. The van der Waals surface area contributed by atoms with Crippen molar-refractivity contribution in [2.24, 2.45) is 0 Å². The molecule has 4 N–H and O–H groups in total. The number of carbonyl (C=O) groups is 2. The van der Waals surface area contributed by atoms with Crippen LogP contribution in [0.1, 0.15) is 26.3 Å². The van der Waals surface area contributed by atoms with E-state index in [1.165, 1.54) is 24.3 Å². The van der Waals surface area contributed by atoms with Gasteiger partial charge in [0.2, 0.25) is 5.78 Å². The lowest BCUT2D eigenvalue weighted by atomic mass is 9.97. The van der Waals surface area contributed by atoms with Gasteiger partial charge in [-0.3, -0.25) is 4.79 Å². The number of carbonyl (C=O) groups excluding carboxylic acids is 1. The molecule has 6 nitrogen and oxygen atoms in total. The molecule has 0 saturated heterocycles. The van der Waals surface area contributed by atoms with Crippen LogP contribution in [-0.4, -0.2) is 32.2 Å². The molecule has 0 atom stereocenters. The summed E-state index contributed by atoms with van der Waals surface area (Å²) in [6, 6.07) is 7.21. The molecule has 102 valence electrons. The van der Waals surface area contributed by atoms with E-state index in [4.69, 9.17) is 5.11 Å². The van der Waals surface area contributed by atoms with Crippen LogP contribution in [0.2, 0.25) is 0 Å². The fourth-order valence-corrected chi connectivity index (χ4v) is 1.83. The molecule has 0 aromatic heterocycles. The van der Waals surface area contributed by atoms with Crippen LogP contribution < -0.4 is 0 Å². The first-order chi connectivity index (χ1) is 9.41. The van der Waals surface area contributed by atoms with Crippen LogP contribution in [0.15, 0.2) is 36.4 Å². The zero-order valence-corrected chi connectivity index (χ0v) is 10.1. The summed E-state index contributed by atoms with van der Waals surface area (Å²) in [4.78, 5) is 23.3. The molecule has 0 amide bonds. The van der Waals surface area contributed by atoms with Crippen molar-refractivity contribution in [1.82, 2.24) is 0 Å². The minimum atomic E-state index is -1.30. The molecular formula is C14H10O6. The maximum absolute atomic E-state index is 12.3. The zero-order valence-electron chi connectivity index (χ0n) is 10.1. The van der Waals surface area contributed by atoms with Crippen LogP contribution in [0.5, 0.6) is 17.2 Å². The first-order valence-corrected chi connectivity index (χ1v) is 5.53. The Bertz CT molecular complexity index is 682. The summed E-state index contributed by atoms with van der Waals surface area (Å²) in [7, 11) is 0. The average molecular weight is 274 g/mol. The summed E-state index contributed by atoms with van der Waals surface area (Å²) in [5.41, 5.74) is -0.878. The minimum absolute atomic E-state index is 0.170. The first kappa shape index (κ1) is 13.4. The second-order valence-electron chi connectivity index (χ2n) is 4.04. The van der Waals surface area contributed by atoms with Crippen molar-refractivity contribution in [3.8, 4) is 17.2 Å². The van der Waals surface area contributed by atoms with Gasteiger partial charge in [-0.25, -0.2) is 4.79 Å². The summed E-state index contributed by atoms with van der Waals surface area (Å²) in [5, 5.41) is 37.5. The van der Waals surface area contributed by atoms with Crippen LogP contribution in [0.25, 0.3) is 0 Å². The summed E-state index contributed by atoms with van der Waals surface area (Å²) in [5.74, 6) is -3.83. The highest BCUT2D eigenvalue weighted by atomic mass is 16.4. The third-order valence-electron chi connectivity index (χ3n) is 2.71. The molecule has 0 unspecified atom stereocenters. The number of hydrogen-bond donors (Lipinski definition) is 4. The van der Waals surface area contributed by atoms with Gasteiger partial charge in [-0.2, -0.15) is 0 Å². The van der Waals surface area contributed by atoms with E-state index in [2.05, 4.69) is 0 Å². The minimum Gasteiger partial charge on any atom is -0.508 e. The van der Waals surface area contributed by atoms with Gasteiger partial charge in [-0.15, -0.1) is 0 Å². The summed E-state index contributed by atoms with van der Waals surface area (Å²) >= 11 is 0. The van der Waals surface area contributed by atoms with Crippen molar-refractivity contribution in [3.05, 3.63) is 53.1 Å². The maximum Gasteiger partial charge on any atom is 0.336 e. The fraction of sp³-hybridized carbons (Fsp3) is 0. The Morgan fingerprint density at radius 2 is 1.35 bits per heavy atom. The Morgan fingerprint density at radius 1 is 0.850 bits per heavy atom. The average Bonchev–Trinajstić information content (AvgIpc) is 2.37. The molecule has 20 heavy (non-hydrogen) atoms. The van der Waals surface area contributed by atoms with Gasteiger partial charge >= 0.3 is 5.97 Å². The summed E-state index contributed by atoms with van der Waals surface area (Å²) in [6.07, 6.45) is 0. The van der Waals surface area contributed by atoms with E-state index >= 15 is 0 Å². The zero-order chi connectivity index (χ0) is 14.9. The smallest absolute Gasteiger partial charge is 0.336 e. The van der Waals surface area contributed by atoms with Gasteiger partial charge in [0.15, 0.2) is 0 Å². The molecule has 0 saturated carbocycles. The number of hydrogen-bond acceptors (Lipinski definition) is 5. The van der Waals surface area contributed by atoms with E-state index in [0.717, 1.165) is 12.1 Å². The van der Waals surface area contributed by atoms with Crippen LogP contribution in [0.3, 0.4) is 0 Å². The molecule has 0 aliphatic heterocycles. The van der Waals surface area contributed by atoms with E-state index in [0.29, 0.717) is 0 Å². The lowest BCUT2D eigenvalue weighted by molar-refractivity contribution is 0.0692. The number of carboxylic acid groups (broad SMARTS) is 1. The quantitative estimate of drug-likeness (QED) is 0.633. The molecule has 2 aromatic carbocycles. The Labute approximate surface area is 113 Å². The predicted octanol–water partition coefficient (Wildman–Crippen LogP) is 1.73. The normalized spacial score (nSPS) is 10.2. The maximum atomic E-state index is 12.3. The molecule has 2 rings (SSSR count). The topological polar surface area (TPSA) is 115 Å². The number of benzene rings is 2. The molecule has 0 bridgehead atoms. The number of aromatic hydroxyl groups is 3. The molecule has 0 heterocycles. The van der Waals surface area contributed by atoms with Crippen molar-refractivity contribution in [2.75, 3.05) is 0 Å². The first-order valence-electron chi connectivity index (χ1n) is 5.53. The largest absolute Gasteiger partial charge is 0.508 e. The van der Waals surface area contributed by atoms with Crippen molar-refractivity contribution < 1.29 is 30.0 Å². The summed E-state index contributed by atoms with van der Waals surface area (Å²) in [6.45, 7) is 0. The Morgan fingerprint density at radius 3 is 1.85 bits per heavy atom. The standard InChI is InChI=1S/C14H10O6/c15-7-5-10(16)12(11(17)6-7)13(18)8-3-1-2-4-9(8)14(19)20/h1-6,15-17H,(H,19,20). The van der Waals surface area contributed by atoms with E-state index in [-0.39, 0.29) is 11.1 Å². The molecule has 0 aliphatic rings. The van der Waals surface area contributed by atoms with Gasteiger partial charge in [0.25, 0.3) is 0 Å². The summed E-state index contributed by atoms with van der Waals surface area (Å²) < 4.78 is 0. The second kappa shape index (κ2) is 4.93. The number of phenolic OH excluding ortho intramolecular Hbond substituents is 3. The third-order valence-corrected chi connectivity index (χ3v) is 2.71. The van der Waals surface area contributed by atoms with Gasteiger partial charge in [0, 0.05) is 17.7 Å². The SMILES string of the molecule is O=C(O)c1ccccc1C(=O)c1c(O)cc(O)cc1O. The lowest BCUT2D eigenvalue weighted by Crippen LogP contribution is -2.10. The number of carboxylic acids is 1. The predicted molar refractivity (Wildman–Crippen MR) is 68.3 cm³/mol. The number of rotatable bonds is 3. The van der Waals surface area contributed by atoms with Crippen LogP contribution in [0.4, 0.5) is 0 Å². The van der Waals surface area contributed by atoms with Gasteiger partial charge < -0.3 is 20.4 Å². The van der Waals surface area contributed by atoms with E-state index in [1.54, 1.807) is 0 Å². The Balaban J connectivity index is 2.61. The Kier molecular flexibility index (Phi) is 3.30. The molecular weight excluding hydrogens is 264 g/mol. The third kappa shape index (κ3) is 2.26. The molecule has 6 heteroatoms. The van der Waals surface area contributed by atoms with Gasteiger partial charge in [-0.1, -0.05) is 18.2 Å². The van der Waals surface area contributed by atoms with E-state index < -0.39 is 34.6 Å². The molecule has 0 aliphatic carbocycles. The number of aromatic carboxylic acids is 1. The second-order valence-corrected chi connectivity index (χ2v) is 4.04. The Hall–Kier alpha value is -3.02. The van der Waals surface area contributed by atoms with Crippen molar-refractivity contribution in [2.45, 2.75) is 0 Å². The van der Waals surface area contributed by atoms with Crippen LogP contribution in [-0.2, 0) is 0 Å². The molecule has 0 radical (unpaired) electrons. The van der Waals surface area contributed by atoms with Gasteiger partial charge in [0.1, 0.15) is 22.8 Å². The molecule has 0 spiro atoms. The van der Waals surface area contributed by atoms with Crippen molar-refractivity contribution >= 4 is 11.8 Å².